The van der Waals surface area contributed by atoms with E-state index in [9.17, 15) is 14.7 Å². The van der Waals surface area contributed by atoms with Crippen LogP contribution in [0.4, 0.5) is 0 Å². The first-order valence-electron chi connectivity index (χ1n) is 6.65. The fraction of sp³-hybridized carbons (Fsp3) is 0.176. The summed E-state index contributed by atoms with van der Waals surface area (Å²) < 4.78 is 5.47. The van der Waals surface area contributed by atoms with Crippen molar-refractivity contribution in [1.82, 2.24) is 0 Å². The van der Waals surface area contributed by atoms with Crippen molar-refractivity contribution in [3.63, 3.8) is 0 Å². The van der Waals surface area contributed by atoms with Crippen LogP contribution >= 0.6 is 0 Å². The summed E-state index contributed by atoms with van der Waals surface area (Å²) in [6.45, 7) is 4.14. The van der Waals surface area contributed by atoms with Crippen LogP contribution in [0.1, 0.15) is 38.8 Å². The van der Waals surface area contributed by atoms with Gasteiger partial charge in [-0.05, 0) is 32.0 Å². The molecule has 0 atom stereocenters. The second kappa shape index (κ2) is 6.22. The topological polar surface area (TPSA) is 63.6 Å². The molecule has 0 aliphatic rings. The number of ether oxygens (including phenoxy) is 1. The highest BCUT2D eigenvalue weighted by Gasteiger charge is 2.20. The molecule has 2 aromatic carbocycles. The molecule has 0 aliphatic heterocycles. The molecule has 0 fully saturated rings. The Morgan fingerprint density at radius 1 is 1.05 bits per heavy atom. The number of aromatic carboxylic acids is 1. The number of rotatable bonds is 5. The quantitative estimate of drug-likeness (QED) is 0.855. The van der Waals surface area contributed by atoms with Crippen molar-refractivity contribution in [3.8, 4) is 5.75 Å². The molecule has 0 radical (unpaired) electrons. The molecule has 108 valence electrons. The lowest BCUT2D eigenvalue weighted by atomic mass is 9.96. The van der Waals surface area contributed by atoms with Crippen LogP contribution in [-0.4, -0.2) is 23.5 Å². The van der Waals surface area contributed by atoms with Gasteiger partial charge in [-0.3, -0.25) is 4.79 Å². The second-order valence-corrected chi connectivity index (χ2v) is 4.61. The average Bonchev–Trinajstić information content (AvgIpc) is 2.48. The molecule has 0 aromatic heterocycles. The van der Waals surface area contributed by atoms with Gasteiger partial charge in [0.15, 0.2) is 5.78 Å². The Kier molecular flexibility index (Phi) is 4.38. The number of benzene rings is 2. The zero-order valence-electron chi connectivity index (χ0n) is 11.9. The van der Waals surface area contributed by atoms with Crippen molar-refractivity contribution >= 4 is 11.8 Å². The molecule has 2 rings (SSSR count). The standard InChI is InChI=1S/C17H16O4/c1-3-21-15-9-8-11(2)10-14(15)16(18)12-6-4-5-7-13(12)17(19)20/h4-10H,3H2,1-2H3,(H,19,20). The van der Waals surface area contributed by atoms with E-state index in [1.54, 1.807) is 24.3 Å². The van der Waals surface area contributed by atoms with E-state index < -0.39 is 5.97 Å². The van der Waals surface area contributed by atoms with Gasteiger partial charge in [-0.25, -0.2) is 4.79 Å². The molecule has 0 spiro atoms. The molecule has 0 unspecified atom stereocenters. The van der Waals surface area contributed by atoms with E-state index in [1.807, 2.05) is 19.9 Å². The lowest BCUT2D eigenvalue weighted by Crippen LogP contribution is -2.11. The van der Waals surface area contributed by atoms with Gasteiger partial charge in [-0.1, -0.05) is 29.8 Å². The third-order valence-electron chi connectivity index (χ3n) is 3.08. The number of carbonyl (C=O) groups is 2. The van der Waals surface area contributed by atoms with Crippen molar-refractivity contribution in [3.05, 3.63) is 64.7 Å². The van der Waals surface area contributed by atoms with Crippen molar-refractivity contribution in [2.75, 3.05) is 6.61 Å². The number of aryl methyl sites for hydroxylation is 1. The predicted molar refractivity (Wildman–Crippen MR) is 79.2 cm³/mol. The van der Waals surface area contributed by atoms with E-state index in [0.717, 1.165) is 5.56 Å². The number of carboxylic acids is 1. The molecule has 0 saturated heterocycles. The highest BCUT2D eigenvalue weighted by molar-refractivity contribution is 6.15. The highest BCUT2D eigenvalue weighted by Crippen LogP contribution is 2.24. The van der Waals surface area contributed by atoms with Gasteiger partial charge in [0, 0.05) is 5.56 Å². The van der Waals surface area contributed by atoms with Crippen molar-refractivity contribution in [1.29, 1.82) is 0 Å². The zero-order chi connectivity index (χ0) is 15.4. The fourth-order valence-corrected chi connectivity index (χ4v) is 2.12. The lowest BCUT2D eigenvalue weighted by molar-refractivity contribution is 0.0692. The Bertz CT molecular complexity index is 689. The van der Waals surface area contributed by atoms with Crippen LogP contribution in [0.2, 0.25) is 0 Å². The molecule has 0 bridgehead atoms. The molecule has 4 heteroatoms. The summed E-state index contributed by atoms with van der Waals surface area (Å²) in [6, 6.07) is 11.5. The van der Waals surface area contributed by atoms with E-state index >= 15 is 0 Å². The molecule has 0 amide bonds. The van der Waals surface area contributed by atoms with Crippen molar-refractivity contribution in [2.45, 2.75) is 13.8 Å². The van der Waals surface area contributed by atoms with Gasteiger partial charge in [-0.2, -0.15) is 0 Å². The summed E-state index contributed by atoms with van der Waals surface area (Å²) in [7, 11) is 0. The Morgan fingerprint density at radius 3 is 2.33 bits per heavy atom. The average molecular weight is 284 g/mol. The summed E-state index contributed by atoms with van der Waals surface area (Å²) in [4.78, 5) is 23.9. The fourth-order valence-electron chi connectivity index (χ4n) is 2.12. The van der Waals surface area contributed by atoms with E-state index in [1.165, 1.54) is 12.1 Å². The summed E-state index contributed by atoms with van der Waals surface area (Å²) >= 11 is 0. The number of carboxylic acid groups (broad SMARTS) is 1. The molecular weight excluding hydrogens is 268 g/mol. The minimum atomic E-state index is -1.12. The largest absolute Gasteiger partial charge is 0.493 e. The molecule has 21 heavy (non-hydrogen) atoms. The first-order chi connectivity index (χ1) is 10.0. The second-order valence-electron chi connectivity index (χ2n) is 4.61. The van der Waals surface area contributed by atoms with Crippen LogP contribution in [0.5, 0.6) is 5.75 Å². The van der Waals surface area contributed by atoms with Crippen LogP contribution in [0.3, 0.4) is 0 Å². The van der Waals surface area contributed by atoms with E-state index in [0.29, 0.717) is 17.9 Å². The maximum Gasteiger partial charge on any atom is 0.336 e. The van der Waals surface area contributed by atoms with E-state index in [4.69, 9.17) is 4.74 Å². The first-order valence-corrected chi connectivity index (χ1v) is 6.65. The lowest BCUT2D eigenvalue weighted by Gasteiger charge is -2.11. The number of hydrogen-bond acceptors (Lipinski definition) is 3. The van der Waals surface area contributed by atoms with Gasteiger partial charge < -0.3 is 9.84 Å². The maximum absolute atomic E-state index is 12.7. The third-order valence-corrected chi connectivity index (χ3v) is 3.08. The summed E-state index contributed by atoms with van der Waals surface area (Å²) in [5, 5.41) is 9.21. The maximum atomic E-state index is 12.7. The van der Waals surface area contributed by atoms with Gasteiger partial charge in [-0.15, -0.1) is 0 Å². The number of carbonyl (C=O) groups excluding carboxylic acids is 1. The predicted octanol–water partition coefficient (Wildman–Crippen LogP) is 3.32. The van der Waals surface area contributed by atoms with Gasteiger partial charge in [0.2, 0.25) is 0 Å². The molecule has 4 nitrogen and oxygen atoms in total. The van der Waals surface area contributed by atoms with Crippen molar-refractivity contribution < 1.29 is 19.4 Å². The van der Waals surface area contributed by atoms with Crippen LogP contribution in [-0.2, 0) is 0 Å². The Labute approximate surface area is 123 Å². The van der Waals surface area contributed by atoms with Gasteiger partial charge in [0.25, 0.3) is 0 Å². The minimum Gasteiger partial charge on any atom is -0.493 e. The molecule has 0 saturated carbocycles. The van der Waals surface area contributed by atoms with Crippen LogP contribution < -0.4 is 4.74 Å². The highest BCUT2D eigenvalue weighted by atomic mass is 16.5. The molecule has 0 heterocycles. The molecule has 2 aromatic rings. The SMILES string of the molecule is CCOc1ccc(C)cc1C(=O)c1ccccc1C(=O)O. The van der Waals surface area contributed by atoms with Gasteiger partial charge >= 0.3 is 5.97 Å². The smallest absolute Gasteiger partial charge is 0.336 e. The van der Waals surface area contributed by atoms with Crippen LogP contribution in [0.15, 0.2) is 42.5 Å². The van der Waals surface area contributed by atoms with Crippen LogP contribution in [0, 0.1) is 6.92 Å². The Balaban J connectivity index is 2.55. The van der Waals surface area contributed by atoms with Gasteiger partial charge in [0.05, 0.1) is 17.7 Å². The van der Waals surface area contributed by atoms with Crippen LogP contribution in [0.25, 0.3) is 0 Å². The number of ketones is 1. The van der Waals surface area contributed by atoms with E-state index in [-0.39, 0.29) is 16.9 Å². The monoisotopic (exact) mass is 284 g/mol. The Hall–Kier alpha value is -2.62. The third kappa shape index (κ3) is 3.11. The molecular formula is C17H16O4. The normalized spacial score (nSPS) is 10.2. The molecule has 0 aliphatic carbocycles. The first kappa shape index (κ1) is 14.8. The van der Waals surface area contributed by atoms with E-state index in [2.05, 4.69) is 0 Å². The summed E-state index contributed by atoms with van der Waals surface area (Å²) in [6.07, 6.45) is 0. The molecule has 1 N–H and O–H groups in total. The van der Waals surface area contributed by atoms with Gasteiger partial charge in [0.1, 0.15) is 5.75 Å². The summed E-state index contributed by atoms with van der Waals surface area (Å²) in [5.41, 5.74) is 1.45. The minimum absolute atomic E-state index is 0.00791. The summed E-state index contributed by atoms with van der Waals surface area (Å²) in [5.74, 6) is -1.00. The van der Waals surface area contributed by atoms with Crippen molar-refractivity contribution in [2.24, 2.45) is 0 Å². The zero-order valence-corrected chi connectivity index (χ0v) is 11.9. The Morgan fingerprint density at radius 2 is 1.71 bits per heavy atom. The number of hydrogen-bond donors (Lipinski definition) is 1.